The maximum atomic E-state index is 13.4. The highest BCUT2D eigenvalue weighted by molar-refractivity contribution is 6.10. The number of amides is 3. The van der Waals surface area contributed by atoms with Crippen molar-refractivity contribution in [3.63, 3.8) is 0 Å². The van der Waals surface area contributed by atoms with Gasteiger partial charge in [0, 0.05) is 11.6 Å². The van der Waals surface area contributed by atoms with Crippen LogP contribution in [-0.2, 0) is 9.59 Å². The van der Waals surface area contributed by atoms with Gasteiger partial charge in [-0.1, -0.05) is 25.0 Å². The molecule has 0 N–H and O–H groups in total. The van der Waals surface area contributed by atoms with Gasteiger partial charge in [-0.05, 0) is 43.2 Å². The van der Waals surface area contributed by atoms with Gasteiger partial charge in [0.25, 0.3) is 23.4 Å². The highest BCUT2D eigenvalue weighted by Crippen LogP contribution is 2.39. The van der Waals surface area contributed by atoms with Crippen LogP contribution in [0.15, 0.2) is 48.5 Å². The standard InChI is InChI=1S/C23H20FN3O6/c24-15-11-9-14(10-12-15)20(28)13-25(21(29)18-7-3-4-8-19(18)27(32)33)26-22(30)16-5-1-2-6-17(16)23(26)31/h3-4,7-12,16-17H,1-2,5-6,13H2/t16-,17-/m1/s1. The SMILES string of the molecule is O=C(CN(C(=O)c1ccccc1[N+](=O)[O-])N1C(=O)[C@@H]2CCCC[C@H]2C1=O)c1ccc(F)cc1. The number of carbonyl (C=O) groups is 4. The van der Waals surface area contributed by atoms with Crippen LogP contribution in [-0.4, -0.2) is 45.0 Å². The van der Waals surface area contributed by atoms with Crippen LogP contribution in [0.1, 0.15) is 46.4 Å². The first-order valence-electron chi connectivity index (χ1n) is 10.5. The van der Waals surface area contributed by atoms with E-state index in [2.05, 4.69) is 0 Å². The number of imide groups is 1. The second-order valence-corrected chi connectivity index (χ2v) is 8.05. The Hall–Kier alpha value is -3.95. The number of fused-ring (bicyclic) bond motifs is 1. The third-order valence-electron chi connectivity index (χ3n) is 6.08. The van der Waals surface area contributed by atoms with Crippen LogP contribution >= 0.6 is 0 Å². The predicted molar refractivity (Wildman–Crippen MR) is 112 cm³/mol. The van der Waals surface area contributed by atoms with E-state index in [-0.39, 0.29) is 11.1 Å². The van der Waals surface area contributed by atoms with E-state index in [1.165, 1.54) is 30.3 Å². The number of para-hydroxylation sites is 1. The summed E-state index contributed by atoms with van der Waals surface area (Å²) in [6.45, 7) is -0.715. The fraction of sp³-hybridized carbons (Fsp3) is 0.304. The second-order valence-electron chi connectivity index (χ2n) is 8.05. The van der Waals surface area contributed by atoms with E-state index in [0.29, 0.717) is 22.9 Å². The highest BCUT2D eigenvalue weighted by atomic mass is 19.1. The zero-order valence-corrected chi connectivity index (χ0v) is 17.5. The molecule has 1 saturated heterocycles. The third-order valence-corrected chi connectivity index (χ3v) is 6.08. The van der Waals surface area contributed by atoms with E-state index in [1.807, 2.05) is 0 Å². The van der Waals surface area contributed by atoms with Crippen LogP contribution in [0.25, 0.3) is 0 Å². The monoisotopic (exact) mass is 453 g/mol. The normalized spacial score (nSPS) is 19.8. The number of hydrogen-bond donors (Lipinski definition) is 0. The molecule has 0 aromatic heterocycles. The summed E-state index contributed by atoms with van der Waals surface area (Å²) in [5.74, 6) is -4.60. The maximum Gasteiger partial charge on any atom is 0.282 e. The number of rotatable bonds is 6. The predicted octanol–water partition coefficient (Wildman–Crippen LogP) is 3.15. The average molecular weight is 453 g/mol. The zero-order valence-electron chi connectivity index (χ0n) is 17.5. The van der Waals surface area contributed by atoms with Gasteiger partial charge in [-0.15, -0.1) is 0 Å². The zero-order chi connectivity index (χ0) is 23.7. The van der Waals surface area contributed by atoms with Gasteiger partial charge >= 0.3 is 0 Å². The van der Waals surface area contributed by atoms with Crippen LogP contribution < -0.4 is 0 Å². The number of carbonyl (C=O) groups excluding carboxylic acids is 4. The van der Waals surface area contributed by atoms with Crippen LogP contribution in [0, 0.1) is 27.8 Å². The van der Waals surface area contributed by atoms with E-state index in [4.69, 9.17) is 0 Å². The van der Waals surface area contributed by atoms with E-state index >= 15 is 0 Å². The largest absolute Gasteiger partial charge is 0.292 e. The highest BCUT2D eigenvalue weighted by Gasteiger charge is 2.52. The van der Waals surface area contributed by atoms with Gasteiger partial charge in [-0.25, -0.2) is 9.40 Å². The van der Waals surface area contributed by atoms with Gasteiger partial charge in [-0.3, -0.25) is 29.3 Å². The van der Waals surface area contributed by atoms with Gasteiger partial charge in [-0.2, -0.15) is 5.01 Å². The summed E-state index contributed by atoms with van der Waals surface area (Å²) in [5.41, 5.74) is -0.809. The van der Waals surface area contributed by atoms with Gasteiger partial charge < -0.3 is 0 Å². The van der Waals surface area contributed by atoms with Crippen molar-refractivity contribution >= 4 is 29.2 Å². The summed E-state index contributed by atoms with van der Waals surface area (Å²) in [5, 5.41) is 12.8. The minimum atomic E-state index is -1.02. The summed E-state index contributed by atoms with van der Waals surface area (Å²) in [6.07, 6.45) is 2.51. The minimum Gasteiger partial charge on any atom is -0.292 e. The van der Waals surface area contributed by atoms with Crippen LogP contribution in [0.3, 0.4) is 0 Å². The van der Waals surface area contributed by atoms with E-state index in [9.17, 15) is 33.7 Å². The third kappa shape index (κ3) is 4.11. The number of halogens is 1. The molecule has 10 heteroatoms. The number of hydrazine groups is 1. The Morgan fingerprint density at radius 1 is 1.00 bits per heavy atom. The minimum absolute atomic E-state index is 0.0632. The molecule has 9 nitrogen and oxygen atoms in total. The molecule has 2 aliphatic rings. The summed E-state index contributed by atoms with van der Waals surface area (Å²) in [6, 6.07) is 9.70. The summed E-state index contributed by atoms with van der Waals surface area (Å²) < 4.78 is 13.3. The second kappa shape index (κ2) is 8.89. The smallest absolute Gasteiger partial charge is 0.282 e. The lowest BCUT2D eigenvalue weighted by Crippen LogP contribution is -2.52. The molecule has 3 amide bonds. The van der Waals surface area contributed by atoms with Crippen molar-refractivity contribution in [2.24, 2.45) is 11.8 Å². The molecular weight excluding hydrogens is 433 g/mol. The van der Waals surface area contributed by atoms with Crippen molar-refractivity contribution in [3.05, 3.63) is 75.6 Å². The molecule has 1 aliphatic heterocycles. The number of nitrogens with zero attached hydrogens (tertiary/aromatic N) is 3. The molecular formula is C23H20FN3O6. The summed E-state index contributed by atoms with van der Waals surface area (Å²) >= 11 is 0. The molecule has 33 heavy (non-hydrogen) atoms. The lowest BCUT2D eigenvalue weighted by atomic mass is 9.81. The topological polar surface area (TPSA) is 118 Å². The Balaban J connectivity index is 1.74. The average Bonchev–Trinajstić information content (AvgIpc) is 3.07. The molecule has 0 bridgehead atoms. The Kier molecular flexibility index (Phi) is 5.99. The number of nitro groups is 1. The molecule has 170 valence electrons. The molecule has 2 aromatic rings. The van der Waals surface area contributed by atoms with Crippen molar-refractivity contribution in [2.75, 3.05) is 6.54 Å². The first kappa shape index (κ1) is 22.3. The molecule has 1 saturated carbocycles. The molecule has 2 atom stereocenters. The van der Waals surface area contributed by atoms with Crippen molar-refractivity contribution in [3.8, 4) is 0 Å². The quantitative estimate of drug-likeness (QED) is 0.287. The number of hydrogen-bond acceptors (Lipinski definition) is 6. The molecule has 4 rings (SSSR count). The van der Waals surface area contributed by atoms with E-state index in [1.54, 1.807) is 0 Å². The van der Waals surface area contributed by atoms with E-state index < -0.39 is 58.3 Å². The van der Waals surface area contributed by atoms with Crippen LogP contribution in [0.2, 0.25) is 0 Å². The van der Waals surface area contributed by atoms with Crippen molar-refractivity contribution in [1.29, 1.82) is 0 Å². The first-order chi connectivity index (χ1) is 15.8. The van der Waals surface area contributed by atoms with E-state index in [0.717, 1.165) is 31.0 Å². The number of ketones is 1. The van der Waals surface area contributed by atoms with Gasteiger partial charge in [0.1, 0.15) is 17.9 Å². The van der Waals surface area contributed by atoms with Crippen molar-refractivity contribution in [2.45, 2.75) is 25.7 Å². The number of benzene rings is 2. The van der Waals surface area contributed by atoms with Gasteiger partial charge in [0.05, 0.1) is 16.8 Å². The lowest BCUT2D eigenvalue weighted by molar-refractivity contribution is -0.385. The number of nitro benzene ring substituents is 1. The van der Waals surface area contributed by atoms with Gasteiger partial charge in [0.15, 0.2) is 5.78 Å². The molecule has 1 heterocycles. The van der Waals surface area contributed by atoms with Crippen LogP contribution in [0.5, 0.6) is 0 Å². The molecule has 2 fully saturated rings. The summed E-state index contributed by atoms with van der Waals surface area (Å²) in [7, 11) is 0. The molecule has 1 aliphatic carbocycles. The number of Topliss-reactive ketones (excluding diaryl/α,β-unsaturated/α-hetero) is 1. The lowest BCUT2D eigenvalue weighted by Gasteiger charge is -2.30. The molecule has 0 radical (unpaired) electrons. The molecule has 0 spiro atoms. The summed E-state index contributed by atoms with van der Waals surface area (Å²) in [4.78, 5) is 63.3. The Morgan fingerprint density at radius 3 is 2.15 bits per heavy atom. The fourth-order valence-corrected chi connectivity index (χ4v) is 4.43. The van der Waals surface area contributed by atoms with Crippen molar-refractivity contribution < 1.29 is 28.5 Å². The van der Waals surface area contributed by atoms with Crippen molar-refractivity contribution in [1.82, 2.24) is 10.0 Å². The maximum absolute atomic E-state index is 13.4. The fourth-order valence-electron chi connectivity index (χ4n) is 4.43. The van der Waals surface area contributed by atoms with Gasteiger partial charge in [0.2, 0.25) is 0 Å². The molecule has 0 unspecified atom stereocenters. The Bertz CT molecular complexity index is 1130. The Morgan fingerprint density at radius 2 is 1.58 bits per heavy atom. The Labute approximate surface area is 187 Å². The first-order valence-corrected chi connectivity index (χ1v) is 10.5. The molecule has 2 aromatic carbocycles. The van der Waals surface area contributed by atoms with Crippen LogP contribution in [0.4, 0.5) is 10.1 Å².